The number of hydrogen-bond acceptors (Lipinski definition) is 8. The van der Waals surface area contributed by atoms with E-state index in [1.807, 2.05) is 13.8 Å². The highest BCUT2D eigenvalue weighted by atomic mass is 16.5. The molecule has 0 aliphatic carbocycles. The molecule has 0 saturated carbocycles. The Morgan fingerprint density at radius 3 is 2.08 bits per heavy atom. The summed E-state index contributed by atoms with van der Waals surface area (Å²) < 4.78 is 27.3. The third-order valence-corrected chi connectivity index (χ3v) is 5.92. The average molecular weight is 500 g/mol. The van der Waals surface area contributed by atoms with E-state index in [1.54, 1.807) is 36.4 Å². The minimum atomic E-state index is -0.876. The summed E-state index contributed by atoms with van der Waals surface area (Å²) in [6, 6.07) is 9.23. The van der Waals surface area contributed by atoms with Crippen molar-refractivity contribution >= 4 is 17.4 Å². The smallest absolute Gasteiger partial charge is 0.295 e. The van der Waals surface area contributed by atoms with Crippen molar-refractivity contribution in [1.29, 1.82) is 0 Å². The quantitative estimate of drug-likeness (QED) is 0.215. The van der Waals surface area contributed by atoms with Gasteiger partial charge >= 0.3 is 0 Å². The van der Waals surface area contributed by atoms with Crippen LogP contribution in [0.1, 0.15) is 37.4 Å². The first kappa shape index (κ1) is 26.9. The van der Waals surface area contributed by atoms with Crippen LogP contribution in [0, 0.1) is 0 Å². The molecule has 0 bridgehead atoms. The molecule has 9 heteroatoms. The normalized spacial score (nSPS) is 17.0. The third-order valence-electron chi connectivity index (χ3n) is 5.92. The summed E-state index contributed by atoms with van der Waals surface area (Å²) in [6.07, 6.45) is 0.549. The lowest BCUT2D eigenvalue weighted by atomic mass is 9.94. The van der Waals surface area contributed by atoms with Gasteiger partial charge in [-0.2, -0.15) is 0 Å². The number of ether oxygens (including phenoxy) is 5. The molecule has 0 radical (unpaired) electrons. The van der Waals surface area contributed by atoms with Gasteiger partial charge < -0.3 is 33.7 Å². The fourth-order valence-corrected chi connectivity index (χ4v) is 4.25. The summed E-state index contributed by atoms with van der Waals surface area (Å²) >= 11 is 0. The number of benzene rings is 2. The van der Waals surface area contributed by atoms with Gasteiger partial charge in [-0.25, -0.2) is 0 Å². The van der Waals surface area contributed by atoms with E-state index in [0.29, 0.717) is 41.6 Å². The number of Topliss-reactive ketones (excluding diaryl/α,β-unsaturated/α-hetero) is 1. The van der Waals surface area contributed by atoms with E-state index in [-0.39, 0.29) is 29.5 Å². The highest BCUT2D eigenvalue weighted by Gasteiger charge is 2.46. The van der Waals surface area contributed by atoms with Gasteiger partial charge in [0, 0.05) is 13.2 Å². The van der Waals surface area contributed by atoms with Crippen molar-refractivity contribution < 1.29 is 38.4 Å². The Balaban J connectivity index is 2.19. The van der Waals surface area contributed by atoms with Gasteiger partial charge in [0.25, 0.3) is 11.7 Å². The van der Waals surface area contributed by atoms with Gasteiger partial charge in [0.2, 0.25) is 0 Å². The van der Waals surface area contributed by atoms with Crippen molar-refractivity contribution in [3.8, 4) is 23.0 Å². The molecule has 194 valence electrons. The zero-order valence-corrected chi connectivity index (χ0v) is 21.5. The monoisotopic (exact) mass is 499 g/mol. The van der Waals surface area contributed by atoms with E-state index in [4.69, 9.17) is 23.7 Å². The Labute approximate surface area is 211 Å². The molecule has 3 rings (SSSR count). The molecule has 0 spiro atoms. The highest BCUT2D eigenvalue weighted by molar-refractivity contribution is 6.46. The summed E-state index contributed by atoms with van der Waals surface area (Å²) in [5, 5.41) is 11.5. The van der Waals surface area contributed by atoms with E-state index in [9.17, 15) is 14.7 Å². The van der Waals surface area contributed by atoms with Crippen LogP contribution >= 0.6 is 0 Å². The predicted molar refractivity (Wildman–Crippen MR) is 134 cm³/mol. The number of hydrogen-bond donors (Lipinski definition) is 1. The van der Waals surface area contributed by atoms with Crippen LogP contribution in [0.25, 0.3) is 5.76 Å². The largest absolute Gasteiger partial charge is 0.506 e. The molecule has 1 N–H and O–H groups in total. The minimum absolute atomic E-state index is 0.0417. The summed E-state index contributed by atoms with van der Waals surface area (Å²) in [7, 11) is 5.92. The van der Waals surface area contributed by atoms with E-state index in [1.165, 1.54) is 33.3 Å². The van der Waals surface area contributed by atoms with E-state index < -0.39 is 17.7 Å². The molecule has 1 amide bonds. The lowest BCUT2D eigenvalue weighted by Crippen LogP contribution is -2.31. The van der Waals surface area contributed by atoms with Gasteiger partial charge in [0.05, 0.1) is 46.2 Å². The minimum Gasteiger partial charge on any atom is -0.506 e. The standard InChI is InChI=1S/C27H33NO8/c1-16(2)36-14-8-13-28-24(17-11-12-18(32-3)21(15-17)35-6)23(26(30)27(28)31)25(29)22-19(33-4)9-7-10-20(22)34-5/h7,9-12,15-16,24,29H,8,13-14H2,1-6H3/b25-23+. The lowest BCUT2D eigenvalue weighted by molar-refractivity contribution is -0.140. The van der Waals surface area contributed by atoms with Crippen LogP contribution < -0.4 is 18.9 Å². The summed E-state index contributed by atoms with van der Waals surface area (Å²) in [5.41, 5.74) is 0.695. The number of carbonyl (C=O) groups is 2. The third kappa shape index (κ3) is 5.26. The highest BCUT2D eigenvalue weighted by Crippen LogP contribution is 2.44. The Hall–Kier alpha value is -3.72. The molecule has 1 aliphatic heterocycles. The molecule has 2 aromatic rings. The summed E-state index contributed by atoms with van der Waals surface area (Å²) in [5.74, 6) is -0.374. The van der Waals surface area contributed by atoms with E-state index in [0.717, 1.165) is 0 Å². The first-order chi connectivity index (χ1) is 17.3. The van der Waals surface area contributed by atoms with Crippen molar-refractivity contribution in [1.82, 2.24) is 4.90 Å². The van der Waals surface area contributed by atoms with E-state index in [2.05, 4.69) is 0 Å². The van der Waals surface area contributed by atoms with Crippen molar-refractivity contribution in [2.45, 2.75) is 32.4 Å². The molecule has 1 fully saturated rings. The fraction of sp³-hybridized carbons (Fsp3) is 0.407. The molecule has 9 nitrogen and oxygen atoms in total. The maximum atomic E-state index is 13.4. The number of carbonyl (C=O) groups excluding carboxylic acids is 2. The van der Waals surface area contributed by atoms with Crippen LogP contribution in [0.4, 0.5) is 0 Å². The first-order valence-electron chi connectivity index (χ1n) is 11.6. The molecule has 36 heavy (non-hydrogen) atoms. The Morgan fingerprint density at radius 1 is 0.917 bits per heavy atom. The van der Waals surface area contributed by atoms with Gasteiger partial charge in [0.15, 0.2) is 11.5 Å². The number of methoxy groups -OCH3 is 4. The summed E-state index contributed by atoms with van der Waals surface area (Å²) in [4.78, 5) is 28.0. The number of rotatable bonds is 11. The molecule has 1 heterocycles. The van der Waals surface area contributed by atoms with Gasteiger partial charge in [-0.05, 0) is 50.1 Å². The van der Waals surface area contributed by atoms with Crippen LogP contribution in [0.5, 0.6) is 23.0 Å². The number of aliphatic hydroxyl groups is 1. The molecule has 1 unspecified atom stereocenters. The van der Waals surface area contributed by atoms with Crippen molar-refractivity contribution in [2.24, 2.45) is 0 Å². The number of amides is 1. The van der Waals surface area contributed by atoms with Crippen LogP contribution in [0.3, 0.4) is 0 Å². The van der Waals surface area contributed by atoms with Crippen molar-refractivity contribution in [3.63, 3.8) is 0 Å². The van der Waals surface area contributed by atoms with E-state index >= 15 is 0 Å². The van der Waals surface area contributed by atoms with Gasteiger partial charge in [0.1, 0.15) is 22.8 Å². The number of nitrogens with zero attached hydrogens (tertiary/aromatic N) is 1. The maximum absolute atomic E-state index is 13.4. The van der Waals surface area contributed by atoms with Crippen LogP contribution in [0.2, 0.25) is 0 Å². The second-order valence-electron chi connectivity index (χ2n) is 8.42. The average Bonchev–Trinajstić information content (AvgIpc) is 3.14. The number of aliphatic hydroxyl groups excluding tert-OH is 1. The molecule has 1 aliphatic rings. The zero-order valence-electron chi connectivity index (χ0n) is 21.5. The van der Waals surface area contributed by atoms with Crippen LogP contribution in [-0.2, 0) is 14.3 Å². The zero-order chi connectivity index (χ0) is 26.4. The second kappa shape index (κ2) is 11.8. The number of ketones is 1. The molecule has 1 atom stereocenters. The first-order valence-corrected chi connectivity index (χ1v) is 11.6. The Morgan fingerprint density at radius 2 is 1.53 bits per heavy atom. The molecular formula is C27H33NO8. The Kier molecular flexibility index (Phi) is 8.82. The maximum Gasteiger partial charge on any atom is 0.295 e. The molecule has 1 saturated heterocycles. The number of likely N-dealkylation sites (tertiary alicyclic amines) is 1. The van der Waals surface area contributed by atoms with Crippen LogP contribution in [0.15, 0.2) is 42.0 Å². The SMILES string of the molecule is COc1ccc(C2/C(=C(\O)c3c(OC)cccc3OC)C(=O)C(=O)N2CCCOC(C)C)cc1OC. The van der Waals surface area contributed by atoms with Gasteiger partial charge in [-0.3, -0.25) is 9.59 Å². The fourth-order valence-electron chi connectivity index (χ4n) is 4.25. The van der Waals surface area contributed by atoms with Crippen molar-refractivity contribution in [2.75, 3.05) is 41.6 Å². The Bertz CT molecular complexity index is 1120. The predicted octanol–water partition coefficient (Wildman–Crippen LogP) is 3.96. The molecule has 0 aromatic heterocycles. The van der Waals surface area contributed by atoms with Crippen molar-refractivity contribution in [3.05, 3.63) is 53.1 Å². The van der Waals surface area contributed by atoms with Gasteiger partial charge in [-0.1, -0.05) is 12.1 Å². The van der Waals surface area contributed by atoms with Gasteiger partial charge in [-0.15, -0.1) is 0 Å². The molecule has 2 aromatic carbocycles. The summed E-state index contributed by atoms with van der Waals surface area (Å²) in [6.45, 7) is 4.52. The van der Waals surface area contributed by atoms with Crippen LogP contribution in [-0.4, -0.2) is 69.4 Å². The topological polar surface area (TPSA) is 104 Å². The molecular weight excluding hydrogens is 466 g/mol. The lowest BCUT2D eigenvalue weighted by Gasteiger charge is -2.26. The second-order valence-corrected chi connectivity index (χ2v) is 8.42.